The van der Waals surface area contributed by atoms with E-state index < -0.39 is 24.1 Å². The fraction of sp³-hybridized carbons (Fsp3) is 0.833. The van der Waals surface area contributed by atoms with E-state index in [0.717, 1.165) is 19.6 Å². The summed E-state index contributed by atoms with van der Waals surface area (Å²) in [6, 6.07) is -1.70. The summed E-state index contributed by atoms with van der Waals surface area (Å²) in [6.45, 7) is 4.51. The lowest BCUT2D eigenvalue weighted by Crippen LogP contribution is -2.57. The van der Waals surface area contributed by atoms with Crippen LogP contribution in [0.1, 0.15) is 6.92 Å². The number of aliphatic hydroxyl groups excluding tert-OH is 1. The van der Waals surface area contributed by atoms with E-state index >= 15 is 0 Å². The number of likely N-dealkylation sites (N-methyl/N-ethyl adjacent to an activating group) is 2. The van der Waals surface area contributed by atoms with Crippen molar-refractivity contribution in [3.05, 3.63) is 0 Å². The van der Waals surface area contributed by atoms with Crippen molar-refractivity contribution in [1.82, 2.24) is 20.4 Å². The van der Waals surface area contributed by atoms with Crippen LogP contribution in [-0.4, -0.2) is 90.5 Å². The fourth-order valence-electron chi connectivity index (χ4n) is 2.11. The van der Waals surface area contributed by atoms with Gasteiger partial charge in [0.15, 0.2) is 6.04 Å². The molecule has 0 spiro atoms. The first-order chi connectivity index (χ1) is 9.31. The van der Waals surface area contributed by atoms with Gasteiger partial charge < -0.3 is 25.7 Å². The second-order valence-electron chi connectivity index (χ2n) is 5.31. The molecule has 1 heterocycles. The minimum Gasteiger partial charge on any atom is -0.480 e. The van der Waals surface area contributed by atoms with E-state index in [0.29, 0.717) is 6.54 Å². The smallest absolute Gasteiger partial charge is 0.328 e. The maximum absolute atomic E-state index is 11.7. The lowest BCUT2D eigenvalue weighted by atomic mass is 10.2. The molecule has 0 aliphatic carbocycles. The number of urea groups is 1. The van der Waals surface area contributed by atoms with Crippen LogP contribution < -0.4 is 10.6 Å². The van der Waals surface area contributed by atoms with E-state index in [1.165, 1.54) is 6.92 Å². The number of carbonyl (C=O) groups excluding carboxylic acids is 1. The Labute approximate surface area is 118 Å². The third-order valence-corrected chi connectivity index (χ3v) is 3.51. The van der Waals surface area contributed by atoms with Crippen molar-refractivity contribution in [3.8, 4) is 0 Å². The second-order valence-corrected chi connectivity index (χ2v) is 5.31. The number of nitrogens with one attached hydrogen (secondary N) is 2. The molecule has 2 amide bonds. The highest BCUT2D eigenvalue weighted by molar-refractivity contribution is 5.82. The molecule has 4 N–H and O–H groups in total. The molecule has 1 saturated heterocycles. The van der Waals surface area contributed by atoms with Gasteiger partial charge >= 0.3 is 12.0 Å². The normalized spacial score (nSPS) is 23.9. The maximum atomic E-state index is 11.7. The Morgan fingerprint density at radius 2 is 2.00 bits per heavy atom. The standard InChI is InChI=1S/C12H24N4O4/c1-8(17)10(11(18)19)14-12(20)13-6-9-7-15(2)4-5-16(9)3/h8-10,17H,4-7H2,1-3H3,(H,18,19)(H2,13,14,20). The molecule has 116 valence electrons. The van der Waals surface area contributed by atoms with Gasteiger partial charge in [0, 0.05) is 32.2 Å². The van der Waals surface area contributed by atoms with E-state index in [4.69, 9.17) is 5.11 Å². The average molecular weight is 288 g/mol. The highest BCUT2D eigenvalue weighted by Gasteiger charge is 2.26. The van der Waals surface area contributed by atoms with Gasteiger partial charge in [-0.3, -0.25) is 4.90 Å². The summed E-state index contributed by atoms with van der Waals surface area (Å²) in [5.41, 5.74) is 0. The lowest BCUT2D eigenvalue weighted by Gasteiger charge is -2.37. The molecule has 0 bridgehead atoms. The Balaban J connectivity index is 2.40. The third-order valence-electron chi connectivity index (χ3n) is 3.51. The fourth-order valence-corrected chi connectivity index (χ4v) is 2.11. The summed E-state index contributed by atoms with van der Waals surface area (Å²) in [6.07, 6.45) is -1.15. The molecule has 1 aliphatic heterocycles. The van der Waals surface area contributed by atoms with Crippen LogP contribution in [0.15, 0.2) is 0 Å². The molecule has 1 rings (SSSR count). The van der Waals surface area contributed by atoms with E-state index in [9.17, 15) is 14.7 Å². The van der Waals surface area contributed by atoms with Gasteiger partial charge in [-0.2, -0.15) is 0 Å². The Morgan fingerprint density at radius 3 is 2.55 bits per heavy atom. The number of rotatable bonds is 5. The number of hydrogen-bond donors (Lipinski definition) is 4. The van der Waals surface area contributed by atoms with Crippen molar-refractivity contribution in [1.29, 1.82) is 0 Å². The second kappa shape index (κ2) is 7.41. The van der Waals surface area contributed by atoms with Gasteiger partial charge in [-0.25, -0.2) is 9.59 Å². The highest BCUT2D eigenvalue weighted by atomic mass is 16.4. The molecular formula is C12H24N4O4. The van der Waals surface area contributed by atoms with Gasteiger partial charge in [0.05, 0.1) is 6.10 Å². The van der Waals surface area contributed by atoms with E-state index in [-0.39, 0.29) is 6.04 Å². The molecule has 0 aromatic heterocycles. The minimum absolute atomic E-state index is 0.189. The number of hydrogen-bond acceptors (Lipinski definition) is 5. The predicted octanol–water partition coefficient (Wildman–Crippen LogP) is -1.63. The molecule has 0 aromatic carbocycles. The first-order valence-electron chi connectivity index (χ1n) is 6.65. The van der Waals surface area contributed by atoms with Crippen LogP contribution >= 0.6 is 0 Å². The summed E-state index contributed by atoms with van der Waals surface area (Å²) in [5, 5.41) is 23.1. The summed E-state index contributed by atoms with van der Waals surface area (Å²) < 4.78 is 0. The van der Waals surface area contributed by atoms with Crippen LogP contribution in [-0.2, 0) is 4.79 Å². The number of nitrogens with zero attached hydrogens (tertiary/aromatic N) is 2. The minimum atomic E-state index is -1.30. The molecule has 1 aliphatic rings. The number of carbonyl (C=O) groups is 2. The largest absolute Gasteiger partial charge is 0.480 e. The molecule has 8 nitrogen and oxygen atoms in total. The molecule has 3 atom stereocenters. The number of carboxylic acid groups (broad SMARTS) is 1. The lowest BCUT2D eigenvalue weighted by molar-refractivity contribution is -0.141. The Bertz CT molecular complexity index is 350. The quantitative estimate of drug-likeness (QED) is 0.484. The zero-order valence-corrected chi connectivity index (χ0v) is 12.2. The molecule has 0 aromatic rings. The van der Waals surface area contributed by atoms with Crippen LogP contribution in [0.4, 0.5) is 4.79 Å². The monoisotopic (exact) mass is 288 g/mol. The van der Waals surface area contributed by atoms with Crippen LogP contribution in [0.5, 0.6) is 0 Å². The van der Waals surface area contributed by atoms with Gasteiger partial charge in [-0.05, 0) is 21.0 Å². The van der Waals surface area contributed by atoms with Gasteiger partial charge in [0.1, 0.15) is 0 Å². The number of amides is 2. The molecule has 1 fully saturated rings. The molecule has 0 saturated carbocycles. The van der Waals surface area contributed by atoms with Crippen molar-refractivity contribution < 1.29 is 19.8 Å². The summed E-state index contributed by atoms with van der Waals surface area (Å²) in [5.74, 6) is -1.26. The van der Waals surface area contributed by atoms with Crippen LogP contribution in [0, 0.1) is 0 Å². The maximum Gasteiger partial charge on any atom is 0.328 e. The van der Waals surface area contributed by atoms with E-state index in [2.05, 4.69) is 20.4 Å². The zero-order chi connectivity index (χ0) is 15.3. The zero-order valence-electron chi connectivity index (χ0n) is 12.2. The van der Waals surface area contributed by atoms with Gasteiger partial charge in [0.25, 0.3) is 0 Å². The molecule has 3 unspecified atom stereocenters. The highest BCUT2D eigenvalue weighted by Crippen LogP contribution is 2.04. The summed E-state index contributed by atoms with van der Waals surface area (Å²) >= 11 is 0. The van der Waals surface area contributed by atoms with E-state index in [1.54, 1.807) is 0 Å². The number of aliphatic hydroxyl groups is 1. The Morgan fingerprint density at radius 1 is 1.35 bits per heavy atom. The van der Waals surface area contributed by atoms with E-state index in [1.807, 2.05) is 14.1 Å². The average Bonchev–Trinajstić information content (AvgIpc) is 2.36. The Kier molecular flexibility index (Phi) is 6.18. The first-order valence-corrected chi connectivity index (χ1v) is 6.65. The predicted molar refractivity (Wildman–Crippen MR) is 73.6 cm³/mol. The van der Waals surface area contributed by atoms with Gasteiger partial charge in [-0.15, -0.1) is 0 Å². The number of piperazine rings is 1. The van der Waals surface area contributed by atoms with Gasteiger partial charge in [-0.1, -0.05) is 0 Å². The Hall–Kier alpha value is -1.38. The van der Waals surface area contributed by atoms with Crippen LogP contribution in [0.3, 0.4) is 0 Å². The number of aliphatic carboxylic acids is 1. The summed E-state index contributed by atoms with van der Waals surface area (Å²) in [7, 11) is 4.01. The van der Waals surface area contributed by atoms with Gasteiger partial charge in [0.2, 0.25) is 0 Å². The molecular weight excluding hydrogens is 264 g/mol. The topological polar surface area (TPSA) is 105 Å². The van der Waals surface area contributed by atoms with Crippen molar-refractivity contribution in [2.24, 2.45) is 0 Å². The molecule has 8 heteroatoms. The van der Waals surface area contributed by atoms with Crippen LogP contribution in [0.2, 0.25) is 0 Å². The first kappa shape index (κ1) is 16.7. The summed E-state index contributed by atoms with van der Waals surface area (Å²) in [4.78, 5) is 26.9. The van der Waals surface area contributed by atoms with Crippen LogP contribution in [0.25, 0.3) is 0 Å². The number of carboxylic acids is 1. The molecule has 20 heavy (non-hydrogen) atoms. The SMILES string of the molecule is CC(O)C(NC(=O)NCC1CN(C)CCN1C)C(=O)O. The molecule has 0 radical (unpaired) electrons. The van der Waals surface area contributed by atoms with Crippen molar-refractivity contribution in [3.63, 3.8) is 0 Å². The third kappa shape index (κ3) is 4.95. The van der Waals surface area contributed by atoms with Crippen molar-refractivity contribution >= 4 is 12.0 Å². The van der Waals surface area contributed by atoms with Crippen molar-refractivity contribution in [2.75, 3.05) is 40.3 Å². The van der Waals surface area contributed by atoms with Crippen molar-refractivity contribution in [2.45, 2.75) is 25.1 Å².